The smallest absolute Gasteiger partial charge is 0.118 e. The summed E-state index contributed by atoms with van der Waals surface area (Å²) in [7, 11) is 0. The molecule has 0 heterocycles. The van der Waals surface area contributed by atoms with Crippen LogP contribution in [0.15, 0.2) is 72.8 Å². The number of aryl methyl sites for hydroxylation is 1. The van der Waals surface area contributed by atoms with E-state index in [0.717, 1.165) is 12.0 Å². The van der Waals surface area contributed by atoms with Gasteiger partial charge in [0, 0.05) is 0 Å². The Morgan fingerprint density at radius 3 is 1.64 bits per heavy atom. The SMILES string of the molecule is CCCCCCCCc1ccccc1O.c1ccc2ccccc2c1. The Bertz CT molecular complexity index is 667. The van der Waals surface area contributed by atoms with E-state index in [4.69, 9.17) is 0 Å². The first-order chi connectivity index (χ1) is 12.3. The lowest BCUT2D eigenvalue weighted by Crippen LogP contribution is -1.86. The van der Waals surface area contributed by atoms with Crippen LogP contribution in [0, 0.1) is 0 Å². The van der Waals surface area contributed by atoms with Gasteiger partial charge in [0.1, 0.15) is 5.75 Å². The molecule has 0 fully saturated rings. The largest absolute Gasteiger partial charge is 0.508 e. The molecule has 3 aromatic rings. The van der Waals surface area contributed by atoms with Gasteiger partial charge in [-0.2, -0.15) is 0 Å². The molecule has 0 aliphatic carbocycles. The van der Waals surface area contributed by atoms with Crippen LogP contribution in [0.3, 0.4) is 0 Å². The Morgan fingerprint density at radius 2 is 1.08 bits per heavy atom. The first kappa shape index (κ1) is 19.1. The van der Waals surface area contributed by atoms with Crippen molar-refractivity contribution in [1.29, 1.82) is 0 Å². The molecule has 1 heteroatoms. The fraction of sp³-hybridized carbons (Fsp3) is 0.333. The van der Waals surface area contributed by atoms with Crippen LogP contribution in [0.25, 0.3) is 10.8 Å². The lowest BCUT2D eigenvalue weighted by atomic mass is 10.0. The van der Waals surface area contributed by atoms with Crippen molar-refractivity contribution in [1.82, 2.24) is 0 Å². The van der Waals surface area contributed by atoms with E-state index in [1.165, 1.54) is 49.3 Å². The van der Waals surface area contributed by atoms with Crippen LogP contribution < -0.4 is 0 Å². The first-order valence-corrected chi connectivity index (χ1v) is 9.52. The molecule has 0 aliphatic rings. The summed E-state index contributed by atoms with van der Waals surface area (Å²) in [6, 6.07) is 24.4. The Morgan fingerprint density at radius 1 is 0.600 bits per heavy atom. The zero-order valence-corrected chi connectivity index (χ0v) is 15.3. The Balaban J connectivity index is 0.000000194. The van der Waals surface area contributed by atoms with Gasteiger partial charge < -0.3 is 5.11 Å². The molecule has 0 radical (unpaired) electrons. The van der Waals surface area contributed by atoms with Crippen molar-refractivity contribution in [3.8, 4) is 5.75 Å². The molecule has 3 rings (SSSR count). The summed E-state index contributed by atoms with van der Waals surface area (Å²) in [6.07, 6.45) is 8.85. The van der Waals surface area contributed by atoms with Gasteiger partial charge in [0.15, 0.2) is 0 Å². The topological polar surface area (TPSA) is 20.2 Å². The predicted molar refractivity (Wildman–Crippen MR) is 109 cm³/mol. The van der Waals surface area contributed by atoms with Gasteiger partial charge in [0.2, 0.25) is 0 Å². The van der Waals surface area contributed by atoms with Crippen molar-refractivity contribution >= 4 is 10.8 Å². The van der Waals surface area contributed by atoms with Crippen LogP contribution in [0.2, 0.25) is 0 Å². The van der Waals surface area contributed by atoms with Crippen LogP contribution in [-0.2, 0) is 6.42 Å². The van der Waals surface area contributed by atoms with Gasteiger partial charge in [-0.25, -0.2) is 0 Å². The number of fused-ring (bicyclic) bond motifs is 1. The number of unbranched alkanes of at least 4 members (excludes halogenated alkanes) is 5. The third kappa shape index (κ3) is 7.01. The Labute approximate surface area is 152 Å². The van der Waals surface area contributed by atoms with Crippen molar-refractivity contribution in [2.75, 3.05) is 0 Å². The van der Waals surface area contributed by atoms with Crippen LogP contribution in [0.4, 0.5) is 0 Å². The number of phenolic OH excluding ortho intramolecular Hbond substituents is 1. The van der Waals surface area contributed by atoms with Gasteiger partial charge in [-0.15, -0.1) is 0 Å². The molecule has 0 bridgehead atoms. The maximum atomic E-state index is 9.55. The van der Waals surface area contributed by atoms with E-state index in [1.807, 2.05) is 18.2 Å². The summed E-state index contributed by atoms with van der Waals surface area (Å²) in [6.45, 7) is 2.24. The summed E-state index contributed by atoms with van der Waals surface area (Å²) in [4.78, 5) is 0. The maximum absolute atomic E-state index is 9.55. The first-order valence-electron chi connectivity index (χ1n) is 9.52. The highest BCUT2D eigenvalue weighted by Crippen LogP contribution is 2.18. The molecule has 3 aromatic carbocycles. The zero-order chi connectivity index (χ0) is 17.7. The molecule has 0 amide bonds. The van der Waals surface area contributed by atoms with Gasteiger partial charge in [0.05, 0.1) is 0 Å². The van der Waals surface area contributed by atoms with Crippen LogP contribution in [0.5, 0.6) is 5.75 Å². The molecule has 1 nitrogen and oxygen atoms in total. The molecule has 0 saturated heterocycles. The molecule has 132 valence electrons. The molecule has 0 aliphatic heterocycles. The van der Waals surface area contributed by atoms with Crippen LogP contribution >= 0.6 is 0 Å². The summed E-state index contributed by atoms with van der Waals surface area (Å²) >= 11 is 0. The average molecular weight is 335 g/mol. The normalized spacial score (nSPS) is 10.3. The van der Waals surface area contributed by atoms with E-state index in [9.17, 15) is 5.11 Å². The summed E-state index contributed by atoms with van der Waals surface area (Å²) < 4.78 is 0. The van der Waals surface area contributed by atoms with Crippen LogP contribution in [0.1, 0.15) is 51.0 Å². The van der Waals surface area contributed by atoms with Gasteiger partial charge in [-0.1, -0.05) is 106 Å². The monoisotopic (exact) mass is 334 g/mol. The number of phenols is 1. The second kappa shape index (κ2) is 11.3. The number of rotatable bonds is 7. The standard InChI is InChI=1S/C14H22O.C10H8/c1-2-3-4-5-6-7-10-13-11-8-9-12-14(13)15;1-2-6-10-8-4-3-7-9(10)5-1/h8-9,11-12,15H,2-7,10H2,1H3;1-8H. The molecule has 0 aromatic heterocycles. The minimum absolute atomic E-state index is 0.450. The van der Waals surface area contributed by atoms with Gasteiger partial charge in [-0.05, 0) is 35.2 Å². The van der Waals surface area contributed by atoms with Gasteiger partial charge in [-0.3, -0.25) is 0 Å². The van der Waals surface area contributed by atoms with E-state index in [2.05, 4.69) is 55.5 Å². The van der Waals surface area contributed by atoms with E-state index >= 15 is 0 Å². The van der Waals surface area contributed by atoms with Crippen molar-refractivity contribution in [3.05, 3.63) is 78.4 Å². The molecule has 1 N–H and O–H groups in total. The fourth-order valence-electron chi connectivity index (χ4n) is 2.95. The summed E-state index contributed by atoms with van der Waals surface area (Å²) in [5.74, 6) is 0.450. The van der Waals surface area contributed by atoms with E-state index in [1.54, 1.807) is 6.07 Å². The number of benzene rings is 3. The van der Waals surface area contributed by atoms with E-state index < -0.39 is 0 Å². The molecule has 0 atom stereocenters. The van der Waals surface area contributed by atoms with Crippen molar-refractivity contribution in [2.45, 2.75) is 51.9 Å². The van der Waals surface area contributed by atoms with Gasteiger partial charge >= 0.3 is 0 Å². The fourth-order valence-corrected chi connectivity index (χ4v) is 2.95. The van der Waals surface area contributed by atoms with Crippen LogP contribution in [-0.4, -0.2) is 5.11 Å². The van der Waals surface area contributed by atoms with Gasteiger partial charge in [0.25, 0.3) is 0 Å². The maximum Gasteiger partial charge on any atom is 0.118 e. The second-order valence-electron chi connectivity index (χ2n) is 6.49. The number of hydrogen-bond acceptors (Lipinski definition) is 1. The van der Waals surface area contributed by atoms with E-state index in [0.29, 0.717) is 5.75 Å². The quantitative estimate of drug-likeness (QED) is 0.455. The highest BCUT2D eigenvalue weighted by atomic mass is 16.3. The predicted octanol–water partition coefficient (Wildman–Crippen LogP) is 7.14. The summed E-state index contributed by atoms with van der Waals surface area (Å²) in [5.41, 5.74) is 1.09. The number of para-hydroxylation sites is 1. The third-order valence-corrected chi connectivity index (χ3v) is 4.45. The minimum Gasteiger partial charge on any atom is -0.508 e. The number of aromatic hydroxyl groups is 1. The lowest BCUT2D eigenvalue weighted by molar-refractivity contribution is 0.466. The average Bonchev–Trinajstić information content (AvgIpc) is 2.66. The highest BCUT2D eigenvalue weighted by Gasteiger charge is 1.98. The lowest BCUT2D eigenvalue weighted by Gasteiger charge is -2.03. The summed E-state index contributed by atoms with van der Waals surface area (Å²) in [5, 5.41) is 12.2. The molecular formula is C24H30O. The van der Waals surface area contributed by atoms with E-state index in [-0.39, 0.29) is 0 Å². The molecule has 0 saturated carbocycles. The minimum atomic E-state index is 0.450. The van der Waals surface area contributed by atoms with Crippen molar-refractivity contribution < 1.29 is 5.11 Å². The zero-order valence-electron chi connectivity index (χ0n) is 15.3. The Hall–Kier alpha value is -2.28. The van der Waals surface area contributed by atoms with Crippen molar-refractivity contribution in [2.24, 2.45) is 0 Å². The molecule has 0 spiro atoms. The Kier molecular flexibility index (Phi) is 8.61. The number of hydrogen-bond donors (Lipinski definition) is 1. The molecule has 25 heavy (non-hydrogen) atoms. The second-order valence-corrected chi connectivity index (χ2v) is 6.49. The molecular weight excluding hydrogens is 304 g/mol. The third-order valence-electron chi connectivity index (χ3n) is 4.45. The molecule has 0 unspecified atom stereocenters. The van der Waals surface area contributed by atoms with Crippen molar-refractivity contribution in [3.63, 3.8) is 0 Å². The highest BCUT2D eigenvalue weighted by molar-refractivity contribution is 5.81.